The second-order valence-corrected chi connectivity index (χ2v) is 16.7. The molecule has 0 N–H and O–H groups in total. The van der Waals surface area contributed by atoms with Crippen molar-refractivity contribution in [2.75, 3.05) is 9.80 Å². The quantitative estimate of drug-likeness (QED) is 0.167. The number of hydrogen-bond donors (Lipinski definition) is 0. The molecule has 5 nitrogen and oxygen atoms in total. The highest BCUT2D eigenvalue weighted by Crippen LogP contribution is 2.61. The van der Waals surface area contributed by atoms with Crippen molar-refractivity contribution < 1.29 is 18.3 Å². The van der Waals surface area contributed by atoms with E-state index in [0.29, 0.717) is 62.2 Å². The summed E-state index contributed by atoms with van der Waals surface area (Å²) in [5.41, 5.74) is 8.04. The zero-order valence-electron chi connectivity index (χ0n) is 35.0. The van der Waals surface area contributed by atoms with Crippen molar-refractivity contribution in [3.8, 4) is 45.3 Å². The maximum atomic E-state index is 17.3. The van der Waals surface area contributed by atoms with Gasteiger partial charge in [-0.25, -0.2) is 8.78 Å². The number of para-hydroxylation sites is 10. The Hall–Kier alpha value is -8.16. The van der Waals surface area contributed by atoms with Gasteiger partial charge in [-0.1, -0.05) is 121 Å². The Morgan fingerprint density at radius 2 is 0.703 bits per heavy atom. The highest BCUT2D eigenvalue weighted by Gasteiger charge is 2.41. The first-order valence-corrected chi connectivity index (χ1v) is 21.4. The first-order valence-electron chi connectivity index (χ1n) is 21.4. The van der Waals surface area contributed by atoms with Crippen LogP contribution < -0.4 is 19.3 Å². The third kappa shape index (κ3) is 5.60. The Balaban J connectivity index is 1.35. The molecular formula is C57H39F2N3O2. The van der Waals surface area contributed by atoms with Crippen molar-refractivity contribution >= 4 is 55.9 Å². The molecule has 7 heteroatoms. The molecule has 1 aromatic heterocycles. The van der Waals surface area contributed by atoms with Crippen LogP contribution in [0.15, 0.2) is 200 Å². The third-order valence-electron chi connectivity index (χ3n) is 12.7. The van der Waals surface area contributed by atoms with Crippen LogP contribution >= 0.6 is 0 Å². The molecule has 308 valence electrons. The summed E-state index contributed by atoms with van der Waals surface area (Å²) in [7, 11) is 0. The molecule has 0 saturated heterocycles. The Morgan fingerprint density at radius 3 is 1.09 bits per heavy atom. The SMILES string of the molecule is CC(C)(c1c(-c2ccccc2F)c(N2c3ccccc3Oc3ccccc32)cc(N2c3ccccc3Oc3ccccc32)c1-c1ccccc1F)n1c2ccccc2c2ccccc21. The highest BCUT2D eigenvalue weighted by atomic mass is 19.1. The van der Waals surface area contributed by atoms with E-state index in [4.69, 9.17) is 9.47 Å². The average Bonchev–Trinajstić information content (AvgIpc) is 3.68. The summed E-state index contributed by atoms with van der Waals surface area (Å²) in [6.07, 6.45) is 0. The molecule has 0 radical (unpaired) electrons. The molecule has 0 unspecified atom stereocenters. The van der Waals surface area contributed by atoms with Gasteiger partial charge < -0.3 is 23.8 Å². The van der Waals surface area contributed by atoms with Gasteiger partial charge in [0, 0.05) is 44.1 Å². The Kier molecular flexibility index (Phi) is 8.49. The Labute approximate surface area is 369 Å². The van der Waals surface area contributed by atoms with E-state index in [0.717, 1.165) is 44.6 Å². The van der Waals surface area contributed by atoms with Gasteiger partial charge in [0.15, 0.2) is 23.0 Å². The molecule has 0 bridgehead atoms. The van der Waals surface area contributed by atoms with Crippen LogP contribution in [0.25, 0.3) is 44.1 Å². The van der Waals surface area contributed by atoms with Crippen molar-refractivity contribution in [1.82, 2.24) is 4.57 Å². The molecule has 12 rings (SSSR count). The van der Waals surface area contributed by atoms with Crippen LogP contribution in [0.5, 0.6) is 23.0 Å². The van der Waals surface area contributed by atoms with Crippen molar-refractivity contribution in [1.29, 1.82) is 0 Å². The van der Waals surface area contributed by atoms with E-state index in [1.165, 1.54) is 12.1 Å². The molecule has 0 aliphatic carbocycles. The molecule has 0 spiro atoms. The lowest BCUT2D eigenvalue weighted by atomic mass is 9.78. The maximum Gasteiger partial charge on any atom is 0.151 e. The minimum absolute atomic E-state index is 0.370. The van der Waals surface area contributed by atoms with Crippen LogP contribution in [0.2, 0.25) is 0 Å². The van der Waals surface area contributed by atoms with Crippen molar-refractivity contribution in [2.45, 2.75) is 19.4 Å². The predicted molar refractivity (Wildman–Crippen MR) is 255 cm³/mol. The summed E-state index contributed by atoms with van der Waals surface area (Å²) in [6, 6.07) is 64.4. The van der Waals surface area contributed by atoms with Gasteiger partial charge in [0.2, 0.25) is 0 Å². The second kappa shape index (κ2) is 14.5. The first-order chi connectivity index (χ1) is 31.4. The molecule has 0 amide bonds. The Morgan fingerprint density at radius 1 is 0.375 bits per heavy atom. The molecular weight excluding hydrogens is 797 g/mol. The fraction of sp³-hybridized carbons (Fsp3) is 0.0526. The van der Waals surface area contributed by atoms with Gasteiger partial charge in [0.05, 0.1) is 39.7 Å². The van der Waals surface area contributed by atoms with Crippen LogP contribution in [0, 0.1) is 11.6 Å². The number of nitrogens with zero attached hydrogens (tertiary/aromatic N) is 3. The van der Waals surface area contributed by atoms with E-state index in [9.17, 15) is 0 Å². The summed E-state index contributed by atoms with van der Waals surface area (Å²) >= 11 is 0. The lowest BCUT2D eigenvalue weighted by Crippen LogP contribution is -2.31. The highest BCUT2D eigenvalue weighted by molar-refractivity contribution is 6.10. The van der Waals surface area contributed by atoms with Crippen LogP contribution in [0.4, 0.5) is 42.9 Å². The smallest absolute Gasteiger partial charge is 0.151 e. The third-order valence-corrected chi connectivity index (χ3v) is 12.7. The zero-order chi connectivity index (χ0) is 43.1. The number of anilines is 6. The summed E-state index contributed by atoms with van der Waals surface area (Å²) in [4.78, 5) is 4.35. The van der Waals surface area contributed by atoms with E-state index in [2.05, 4.69) is 70.7 Å². The lowest BCUT2D eigenvalue weighted by Gasteiger charge is -2.42. The maximum absolute atomic E-state index is 17.3. The second-order valence-electron chi connectivity index (χ2n) is 16.7. The van der Waals surface area contributed by atoms with E-state index in [-0.39, 0.29) is 0 Å². The van der Waals surface area contributed by atoms with Crippen LogP contribution in [-0.4, -0.2) is 4.57 Å². The first kappa shape index (κ1) is 37.6. The molecule has 3 heterocycles. The van der Waals surface area contributed by atoms with Gasteiger partial charge in [-0.05, 0) is 98.3 Å². The largest absolute Gasteiger partial charge is 0.453 e. The van der Waals surface area contributed by atoms with Crippen molar-refractivity contribution in [3.05, 3.63) is 217 Å². The van der Waals surface area contributed by atoms with Gasteiger partial charge in [0.1, 0.15) is 11.6 Å². The average molecular weight is 836 g/mol. The van der Waals surface area contributed by atoms with Crippen LogP contribution in [-0.2, 0) is 5.54 Å². The molecule has 0 atom stereocenters. The number of fused-ring (bicyclic) bond motifs is 7. The molecule has 2 aliphatic rings. The molecule has 64 heavy (non-hydrogen) atoms. The van der Waals surface area contributed by atoms with E-state index in [1.807, 2.05) is 133 Å². The van der Waals surface area contributed by atoms with Crippen LogP contribution in [0.1, 0.15) is 19.4 Å². The van der Waals surface area contributed by atoms with E-state index >= 15 is 8.78 Å². The summed E-state index contributed by atoms with van der Waals surface area (Å²) in [6.45, 7) is 4.34. The number of ether oxygens (including phenoxy) is 2. The molecule has 2 aliphatic heterocycles. The lowest BCUT2D eigenvalue weighted by molar-refractivity contribution is 0.466. The van der Waals surface area contributed by atoms with Gasteiger partial charge in [-0.3, -0.25) is 0 Å². The van der Waals surface area contributed by atoms with Gasteiger partial charge in [0.25, 0.3) is 0 Å². The summed E-state index contributed by atoms with van der Waals surface area (Å²) in [5.74, 6) is 1.76. The Bertz CT molecular complexity index is 3190. The molecule has 0 fully saturated rings. The van der Waals surface area contributed by atoms with Crippen molar-refractivity contribution in [2.24, 2.45) is 0 Å². The molecule has 0 saturated carbocycles. The zero-order valence-corrected chi connectivity index (χ0v) is 35.0. The van der Waals surface area contributed by atoms with Crippen LogP contribution in [0.3, 0.4) is 0 Å². The molecule has 10 aromatic rings. The normalized spacial score (nSPS) is 12.9. The monoisotopic (exact) mass is 835 g/mol. The van der Waals surface area contributed by atoms with Gasteiger partial charge in [-0.15, -0.1) is 0 Å². The minimum Gasteiger partial charge on any atom is -0.453 e. The standard InChI is InChI=1S/C57H39F2N3O2/c1-57(2,62-42-25-9-5-19-36(42)37-20-6-10-26-43(37)62)56-54(38-21-3-7-23-40(38)58)48(60-44-27-11-15-31-50(44)63-51-32-16-12-28-45(51)60)35-49(55(56)39-22-4-8-24-41(39)59)61-46-29-13-17-33-52(46)64-53-34-18-14-30-47(53)61/h3-35H,1-2H3. The minimum atomic E-state index is -1.03. The summed E-state index contributed by atoms with van der Waals surface area (Å²) in [5, 5.41) is 2.16. The predicted octanol–water partition coefficient (Wildman–Crippen LogP) is 16.3. The van der Waals surface area contributed by atoms with Crippen molar-refractivity contribution in [3.63, 3.8) is 0 Å². The fourth-order valence-electron chi connectivity index (χ4n) is 10.1. The number of rotatable bonds is 6. The van der Waals surface area contributed by atoms with E-state index in [1.54, 1.807) is 12.1 Å². The fourth-order valence-corrected chi connectivity index (χ4v) is 10.1. The number of hydrogen-bond acceptors (Lipinski definition) is 4. The van der Waals surface area contributed by atoms with Gasteiger partial charge in [-0.2, -0.15) is 0 Å². The molecule has 9 aromatic carbocycles. The number of benzene rings is 9. The number of aromatic nitrogens is 1. The summed E-state index contributed by atoms with van der Waals surface area (Å²) < 4.78 is 50.2. The topological polar surface area (TPSA) is 29.9 Å². The van der Waals surface area contributed by atoms with Gasteiger partial charge >= 0.3 is 0 Å². The van der Waals surface area contributed by atoms with E-state index < -0.39 is 17.2 Å². The number of halogens is 2.